The molecule has 0 fully saturated rings. The SMILES string of the molecule is CC[C@@H](NC(=O)CN[C@@H](C)c1ccc(Cl)cc1)c1ccc(C)cc1. The van der Waals surface area contributed by atoms with E-state index in [4.69, 9.17) is 11.6 Å². The van der Waals surface area contributed by atoms with Crippen molar-refractivity contribution in [1.82, 2.24) is 10.6 Å². The Bertz CT molecular complexity index is 652. The first-order valence-corrected chi connectivity index (χ1v) is 8.72. The van der Waals surface area contributed by atoms with E-state index in [9.17, 15) is 4.79 Å². The number of nitrogens with one attached hydrogen (secondary N) is 2. The van der Waals surface area contributed by atoms with Crippen LogP contribution in [0.5, 0.6) is 0 Å². The Balaban J connectivity index is 1.87. The van der Waals surface area contributed by atoms with Crippen LogP contribution in [0.2, 0.25) is 5.02 Å². The molecule has 0 aliphatic heterocycles. The molecule has 0 spiro atoms. The van der Waals surface area contributed by atoms with Crippen molar-refractivity contribution in [1.29, 1.82) is 0 Å². The third-order valence-corrected chi connectivity index (χ3v) is 4.41. The molecule has 0 saturated carbocycles. The molecule has 128 valence electrons. The van der Waals surface area contributed by atoms with E-state index < -0.39 is 0 Å². The van der Waals surface area contributed by atoms with Gasteiger partial charge in [0, 0.05) is 11.1 Å². The van der Waals surface area contributed by atoms with Gasteiger partial charge in [0.05, 0.1) is 12.6 Å². The van der Waals surface area contributed by atoms with E-state index >= 15 is 0 Å². The Morgan fingerprint density at radius 2 is 1.62 bits per heavy atom. The molecular weight excluding hydrogens is 320 g/mol. The number of benzene rings is 2. The van der Waals surface area contributed by atoms with Gasteiger partial charge in [0.1, 0.15) is 0 Å². The first kappa shape index (κ1) is 18.5. The minimum Gasteiger partial charge on any atom is -0.348 e. The minimum absolute atomic E-state index is 0.00300. The van der Waals surface area contributed by atoms with Crippen molar-refractivity contribution in [2.75, 3.05) is 6.54 Å². The Labute approximate surface area is 149 Å². The number of rotatable bonds is 7. The van der Waals surface area contributed by atoms with Gasteiger partial charge in [0.15, 0.2) is 0 Å². The van der Waals surface area contributed by atoms with Crippen LogP contribution < -0.4 is 10.6 Å². The summed E-state index contributed by atoms with van der Waals surface area (Å²) in [6.45, 7) is 6.46. The average Bonchev–Trinajstić information content (AvgIpc) is 2.59. The fourth-order valence-corrected chi connectivity index (χ4v) is 2.71. The van der Waals surface area contributed by atoms with Gasteiger partial charge < -0.3 is 10.6 Å². The van der Waals surface area contributed by atoms with Crippen LogP contribution in [0.25, 0.3) is 0 Å². The molecule has 0 aliphatic carbocycles. The molecule has 2 aromatic carbocycles. The number of amides is 1. The number of halogens is 1. The fraction of sp³-hybridized carbons (Fsp3) is 0.350. The molecule has 0 radical (unpaired) electrons. The second-order valence-corrected chi connectivity index (χ2v) is 6.53. The lowest BCUT2D eigenvalue weighted by atomic mass is 10.0. The van der Waals surface area contributed by atoms with Crippen LogP contribution in [0.3, 0.4) is 0 Å². The molecule has 0 aromatic heterocycles. The summed E-state index contributed by atoms with van der Waals surface area (Å²) >= 11 is 5.90. The summed E-state index contributed by atoms with van der Waals surface area (Å²) in [5, 5.41) is 7.06. The number of aryl methyl sites for hydroxylation is 1. The summed E-state index contributed by atoms with van der Waals surface area (Å²) in [6, 6.07) is 16.1. The minimum atomic E-state index is 0.00300. The fourth-order valence-electron chi connectivity index (χ4n) is 2.58. The zero-order valence-corrected chi connectivity index (χ0v) is 15.2. The molecule has 0 heterocycles. The Hall–Kier alpha value is -1.84. The summed E-state index contributed by atoms with van der Waals surface area (Å²) in [6.07, 6.45) is 0.863. The molecule has 2 aromatic rings. The number of hydrogen-bond acceptors (Lipinski definition) is 2. The molecule has 2 N–H and O–H groups in total. The van der Waals surface area contributed by atoms with Gasteiger partial charge in [-0.25, -0.2) is 0 Å². The van der Waals surface area contributed by atoms with Gasteiger partial charge in [0.2, 0.25) is 5.91 Å². The summed E-state index contributed by atoms with van der Waals surface area (Å²) in [5.74, 6) is 0.00300. The first-order valence-electron chi connectivity index (χ1n) is 8.34. The van der Waals surface area contributed by atoms with E-state index in [-0.39, 0.29) is 24.5 Å². The summed E-state index contributed by atoms with van der Waals surface area (Å²) in [7, 11) is 0. The molecule has 0 unspecified atom stereocenters. The number of carbonyl (C=O) groups excluding carboxylic acids is 1. The molecule has 1 amide bonds. The van der Waals surface area contributed by atoms with E-state index in [0.29, 0.717) is 5.02 Å². The Morgan fingerprint density at radius 1 is 1.04 bits per heavy atom. The molecule has 24 heavy (non-hydrogen) atoms. The zero-order chi connectivity index (χ0) is 17.5. The molecule has 0 bridgehead atoms. The van der Waals surface area contributed by atoms with Gasteiger partial charge in [0.25, 0.3) is 0 Å². The lowest BCUT2D eigenvalue weighted by Crippen LogP contribution is -2.37. The highest BCUT2D eigenvalue weighted by atomic mass is 35.5. The van der Waals surface area contributed by atoms with Crippen LogP contribution in [0.4, 0.5) is 0 Å². The molecule has 3 nitrogen and oxygen atoms in total. The highest BCUT2D eigenvalue weighted by molar-refractivity contribution is 6.30. The van der Waals surface area contributed by atoms with Crippen molar-refractivity contribution in [2.45, 2.75) is 39.3 Å². The first-order chi connectivity index (χ1) is 11.5. The van der Waals surface area contributed by atoms with Gasteiger partial charge in [-0.1, -0.05) is 60.5 Å². The van der Waals surface area contributed by atoms with Gasteiger partial charge in [-0.3, -0.25) is 4.79 Å². The van der Waals surface area contributed by atoms with Crippen molar-refractivity contribution in [2.24, 2.45) is 0 Å². The largest absolute Gasteiger partial charge is 0.348 e. The topological polar surface area (TPSA) is 41.1 Å². The second-order valence-electron chi connectivity index (χ2n) is 6.09. The second kappa shape index (κ2) is 8.86. The summed E-state index contributed by atoms with van der Waals surface area (Å²) in [4.78, 5) is 12.2. The summed E-state index contributed by atoms with van der Waals surface area (Å²) in [5.41, 5.74) is 3.47. The summed E-state index contributed by atoms with van der Waals surface area (Å²) < 4.78 is 0. The Morgan fingerprint density at radius 3 is 2.21 bits per heavy atom. The van der Waals surface area contributed by atoms with E-state index in [1.165, 1.54) is 5.56 Å². The Kier molecular flexibility index (Phi) is 6.83. The van der Waals surface area contributed by atoms with Gasteiger partial charge in [-0.15, -0.1) is 0 Å². The predicted molar refractivity (Wildman–Crippen MR) is 100 cm³/mol. The highest BCUT2D eigenvalue weighted by Gasteiger charge is 2.13. The standard InChI is InChI=1S/C20H25ClN2O/c1-4-19(17-7-5-14(2)6-8-17)23-20(24)13-22-15(3)16-9-11-18(21)12-10-16/h5-12,15,19,22H,4,13H2,1-3H3,(H,23,24)/t15-,19+/m0/s1. The maximum Gasteiger partial charge on any atom is 0.234 e. The third kappa shape index (κ3) is 5.36. The quantitative estimate of drug-likeness (QED) is 0.772. The van der Waals surface area contributed by atoms with Gasteiger partial charge in [-0.2, -0.15) is 0 Å². The molecule has 4 heteroatoms. The maximum atomic E-state index is 12.2. The van der Waals surface area contributed by atoms with Crippen LogP contribution in [-0.4, -0.2) is 12.5 Å². The molecule has 0 saturated heterocycles. The van der Waals surface area contributed by atoms with E-state index in [1.807, 2.05) is 31.2 Å². The predicted octanol–water partition coefficient (Wildman–Crippen LogP) is 4.57. The maximum absolute atomic E-state index is 12.2. The average molecular weight is 345 g/mol. The third-order valence-electron chi connectivity index (χ3n) is 4.16. The van der Waals surface area contributed by atoms with Gasteiger partial charge in [-0.05, 0) is 43.5 Å². The van der Waals surface area contributed by atoms with Crippen LogP contribution >= 0.6 is 11.6 Å². The van der Waals surface area contributed by atoms with Crippen molar-refractivity contribution < 1.29 is 4.79 Å². The number of carbonyl (C=O) groups is 1. The van der Waals surface area contributed by atoms with Crippen LogP contribution in [0, 0.1) is 6.92 Å². The van der Waals surface area contributed by atoms with E-state index in [0.717, 1.165) is 17.5 Å². The molecular formula is C20H25ClN2O. The van der Waals surface area contributed by atoms with Crippen LogP contribution in [0.15, 0.2) is 48.5 Å². The van der Waals surface area contributed by atoms with E-state index in [2.05, 4.69) is 48.7 Å². The lowest BCUT2D eigenvalue weighted by Gasteiger charge is -2.19. The van der Waals surface area contributed by atoms with Crippen LogP contribution in [-0.2, 0) is 4.79 Å². The van der Waals surface area contributed by atoms with Crippen molar-refractivity contribution >= 4 is 17.5 Å². The van der Waals surface area contributed by atoms with Gasteiger partial charge >= 0.3 is 0 Å². The van der Waals surface area contributed by atoms with Crippen molar-refractivity contribution in [3.63, 3.8) is 0 Å². The smallest absolute Gasteiger partial charge is 0.234 e. The number of hydrogen-bond donors (Lipinski definition) is 2. The highest BCUT2D eigenvalue weighted by Crippen LogP contribution is 2.18. The normalized spacial score (nSPS) is 13.3. The molecule has 2 rings (SSSR count). The zero-order valence-electron chi connectivity index (χ0n) is 14.5. The van der Waals surface area contributed by atoms with Crippen LogP contribution in [0.1, 0.15) is 49.0 Å². The molecule has 2 atom stereocenters. The van der Waals surface area contributed by atoms with Crippen molar-refractivity contribution in [3.05, 3.63) is 70.2 Å². The van der Waals surface area contributed by atoms with Crippen molar-refractivity contribution in [3.8, 4) is 0 Å². The van der Waals surface area contributed by atoms with E-state index in [1.54, 1.807) is 0 Å². The molecule has 0 aliphatic rings. The lowest BCUT2D eigenvalue weighted by molar-refractivity contribution is -0.121. The monoisotopic (exact) mass is 344 g/mol.